The van der Waals surface area contributed by atoms with E-state index in [1.807, 2.05) is 43.3 Å². The van der Waals surface area contributed by atoms with Gasteiger partial charge in [0.2, 0.25) is 0 Å². The monoisotopic (exact) mass is 471 g/mol. The summed E-state index contributed by atoms with van der Waals surface area (Å²) in [6.07, 6.45) is 1.73. The number of carbonyl (C=O) groups is 3. The molecule has 0 radical (unpaired) electrons. The molecule has 1 saturated heterocycles. The predicted octanol–water partition coefficient (Wildman–Crippen LogP) is 1.72. The minimum atomic E-state index is -0.858. The fourth-order valence-corrected chi connectivity index (χ4v) is 4.27. The van der Waals surface area contributed by atoms with Gasteiger partial charge in [0.05, 0.1) is 0 Å². The molecule has 0 unspecified atom stereocenters. The van der Waals surface area contributed by atoms with E-state index in [9.17, 15) is 14.4 Å². The third kappa shape index (κ3) is 3.77. The highest BCUT2D eigenvalue weighted by Gasteiger charge is 2.39. The average Bonchev–Trinajstić information content (AvgIpc) is 3.04. The largest absolute Gasteiger partial charge is 0.353 e. The highest BCUT2D eigenvalue weighted by atomic mass is 79.9. The molecule has 1 atom stereocenters. The molecule has 9 heteroatoms. The number of nitrogens with zero attached hydrogens (tertiary/aromatic N) is 4. The van der Waals surface area contributed by atoms with E-state index >= 15 is 0 Å². The molecule has 30 heavy (non-hydrogen) atoms. The number of aromatic nitrogens is 1. The van der Waals surface area contributed by atoms with Crippen LogP contribution >= 0.6 is 15.9 Å². The number of carbonyl (C=O) groups excluding carboxylic acids is 3. The molecular weight excluding hydrogens is 450 g/mol. The minimum Gasteiger partial charge on any atom is -0.353 e. The number of anilines is 2. The van der Waals surface area contributed by atoms with Crippen molar-refractivity contribution in [2.75, 3.05) is 42.5 Å². The van der Waals surface area contributed by atoms with E-state index in [1.165, 1.54) is 4.90 Å². The topological polar surface area (TPSA) is 85.8 Å². The summed E-state index contributed by atoms with van der Waals surface area (Å²) in [6, 6.07) is 10.3. The lowest BCUT2D eigenvalue weighted by molar-refractivity contribution is -0.146. The Bertz CT molecular complexity index is 976. The van der Waals surface area contributed by atoms with Crippen LogP contribution in [0.2, 0.25) is 0 Å². The van der Waals surface area contributed by atoms with Gasteiger partial charge in [-0.3, -0.25) is 14.4 Å². The lowest BCUT2D eigenvalue weighted by atomic mass is 10.1. The standard InChI is InChI=1S/C21H22BrN5O3/c1-2-27-16-7-6-14(22)13-15(16)18(20(27)29)24-19(28)21(30)26-11-9-25(10-12-26)17-5-3-4-8-23-17/h3-8,13,18H,2,9-12H2,1H3,(H,24,28)/t18-/m1/s1. The summed E-state index contributed by atoms with van der Waals surface area (Å²) in [4.78, 5) is 47.7. The van der Waals surface area contributed by atoms with Gasteiger partial charge in [-0.05, 0) is 37.3 Å². The molecule has 3 heterocycles. The Labute approximate surface area is 183 Å². The highest BCUT2D eigenvalue weighted by molar-refractivity contribution is 9.10. The number of hydrogen-bond donors (Lipinski definition) is 1. The van der Waals surface area contributed by atoms with Crippen LogP contribution in [0.25, 0.3) is 0 Å². The third-order valence-corrected chi connectivity index (χ3v) is 5.92. The molecule has 4 rings (SSSR count). The van der Waals surface area contributed by atoms with E-state index in [4.69, 9.17) is 0 Å². The van der Waals surface area contributed by atoms with Crippen LogP contribution in [-0.4, -0.2) is 60.3 Å². The molecule has 2 aromatic rings. The normalized spacial score (nSPS) is 18.4. The van der Waals surface area contributed by atoms with E-state index in [0.29, 0.717) is 38.3 Å². The molecule has 1 fully saturated rings. The van der Waals surface area contributed by atoms with Crippen molar-refractivity contribution < 1.29 is 14.4 Å². The van der Waals surface area contributed by atoms with E-state index < -0.39 is 17.9 Å². The van der Waals surface area contributed by atoms with E-state index in [0.717, 1.165) is 16.0 Å². The second-order valence-electron chi connectivity index (χ2n) is 7.16. The van der Waals surface area contributed by atoms with Crippen molar-refractivity contribution in [2.45, 2.75) is 13.0 Å². The van der Waals surface area contributed by atoms with Crippen molar-refractivity contribution in [3.63, 3.8) is 0 Å². The molecule has 1 aromatic carbocycles. The number of amides is 3. The first-order valence-corrected chi connectivity index (χ1v) is 10.7. The summed E-state index contributed by atoms with van der Waals surface area (Å²) in [6.45, 7) is 4.40. The molecular formula is C21H22BrN5O3. The fourth-order valence-electron chi connectivity index (χ4n) is 3.89. The zero-order valence-corrected chi connectivity index (χ0v) is 18.1. The summed E-state index contributed by atoms with van der Waals surface area (Å²) in [5.41, 5.74) is 1.45. The minimum absolute atomic E-state index is 0.230. The molecule has 1 aromatic heterocycles. The number of halogens is 1. The maximum Gasteiger partial charge on any atom is 0.312 e. The predicted molar refractivity (Wildman–Crippen MR) is 116 cm³/mol. The maximum atomic E-state index is 12.8. The fraction of sp³-hybridized carbons (Fsp3) is 0.333. The van der Waals surface area contributed by atoms with Crippen LogP contribution in [0.1, 0.15) is 18.5 Å². The first-order valence-electron chi connectivity index (χ1n) is 9.86. The first-order chi connectivity index (χ1) is 14.5. The molecule has 8 nitrogen and oxygen atoms in total. The number of fused-ring (bicyclic) bond motifs is 1. The van der Waals surface area contributed by atoms with Gasteiger partial charge in [-0.25, -0.2) is 4.98 Å². The zero-order valence-electron chi connectivity index (χ0n) is 16.5. The second-order valence-corrected chi connectivity index (χ2v) is 8.07. The SMILES string of the molecule is CCN1C(=O)[C@H](NC(=O)C(=O)N2CCN(c3ccccn3)CC2)c2cc(Br)ccc21. The number of piperazine rings is 1. The van der Waals surface area contributed by atoms with Gasteiger partial charge in [0, 0.05) is 54.6 Å². The molecule has 2 aliphatic heterocycles. The molecule has 2 aliphatic rings. The van der Waals surface area contributed by atoms with Gasteiger partial charge < -0.3 is 20.0 Å². The van der Waals surface area contributed by atoms with Crippen molar-refractivity contribution in [1.82, 2.24) is 15.2 Å². The number of likely N-dealkylation sites (N-methyl/N-ethyl adjacent to an activating group) is 1. The molecule has 0 spiro atoms. The Morgan fingerprint density at radius 1 is 1.17 bits per heavy atom. The first kappa shape index (κ1) is 20.3. The van der Waals surface area contributed by atoms with Crippen molar-refractivity contribution in [2.24, 2.45) is 0 Å². The molecule has 1 N–H and O–H groups in total. The van der Waals surface area contributed by atoms with E-state index in [-0.39, 0.29) is 5.91 Å². The smallest absolute Gasteiger partial charge is 0.312 e. The van der Waals surface area contributed by atoms with E-state index in [2.05, 4.69) is 31.1 Å². The Kier molecular flexibility index (Phi) is 5.72. The lowest BCUT2D eigenvalue weighted by Gasteiger charge is -2.35. The Balaban J connectivity index is 1.42. The third-order valence-electron chi connectivity index (χ3n) is 5.43. The quantitative estimate of drug-likeness (QED) is 0.688. The van der Waals surface area contributed by atoms with E-state index in [1.54, 1.807) is 11.1 Å². The maximum absolute atomic E-state index is 12.8. The molecule has 3 amide bonds. The number of hydrogen-bond acceptors (Lipinski definition) is 5. The van der Waals surface area contributed by atoms with Crippen LogP contribution < -0.4 is 15.1 Å². The summed E-state index contributed by atoms with van der Waals surface area (Å²) in [7, 11) is 0. The van der Waals surface area contributed by atoms with Gasteiger partial charge in [-0.15, -0.1) is 0 Å². The van der Waals surface area contributed by atoms with Crippen molar-refractivity contribution in [3.8, 4) is 0 Å². The zero-order chi connectivity index (χ0) is 21.3. The highest BCUT2D eigenvalue weighted by Crippen LogP contribution is 2.37. The number of rotatable bonds is 3. The summed E-state index contributed by atoms with van der Waals surface area (Å²) in [5, 5.41) is 2.65. The van der Waals surface area contributed by atoms with Crippen molar-refractivity contribution >= 4 is 45.2 Å². The van der Waals surface area contributed by atoms with Gasteiger partial charge >= 0.3 is 11.8 Å². The number of pyridine rings is 1. The van der Waals surface area contributed by atoms with Gasteiger partial charge in [-0.2, -0.15) is 0 Å². The summed E-state index contributed by atoms with van der Waals surface area (Å²) in [5.74, 6) is -0.752. The lowest BCUT2D eigenvalue weighted by Crippen LogP contribution is -2.53. The molecule has 0 saturated carbocycles. The van der Waals surface area contributed by atoms with Gasteiger partial charge in [0.15, 0.2) is 0 Å². The van der Waals surface area contributed by atoms with Crippen LogP contribution in [0.15, 0.2) is 47.1 Å². The van der Waals surface area contributed by atoms with Crippen molar-refractivity contribution in [3.05, 3.63) is 52.6 Å². The second kappa shape index (κ2) is 8.43. The van der Waals surface area contributed by atoms with Crippen LogP contribution in [0.5, 0.6) is 0 Å². The average molecular weight is 472 g/mol. The van der Waals surface area contributed by atoms with Crippen molar-refractivity contribution in [1.29, 1.82) is 0 Å². The van der Waals surface area contributed by atoms with Crippen LogP contribution in [0.3, 0.4) is 0 Å². The summed E-state index contributed by atoms with van der Waals surface area (Å²) >= 11 is 3.41. The number of benzene rings is 1. The van der Waals surface area contributed by atoms with Crippen LogP contribution in [-0.2, 0) is 14.4 Å². The molecule has 0 aliphatic carbocycles. The number of nitrogens with one attached hydrogen (secondary N) is 1. The Hall–Kier alpha value is -2.94. The Morgan fingerprint density at radius 3 is 2.60 bits per heavy atom. The Morgan fingerprint density at radius 2 is 1.93 bits per heavy atom. The van der Waals surface area contributed by atoms with Crippen LogP contribution in [0, 0.1) is 0 Å². The van der Waals surface area contributed by atoms with Crippen LogP contribution in [0.4, 0.5) is 11.5 Å². The summed E-state index contributed by atoms with van der Waals surface area (Å²) < 4.78 is 0.809. The molecule has 156 valence electrons. The van der Waals surface area contributed by atoms with Gasteiger partial charge in [0.1, 0.15) is 11.9 Å². The van der Waals surface area contributed by atoms with Gasteiger partial charge in [0.25, 0.3) is 5.91 Å². The molecule has 0 bridgehead atoms. The van der Waals surface area contributed by atoms with Gasteiger partial charge in [-0.1, -0.05) is 22.0 Å².